The van der Waals surface area contributed by atoms with E-state index in [9.17, 15) is 13.2 Å². The van der Waals surface area contributed by atoms with Gasteiger partial charge in [0.1, 0.15) is 22.8 Å². The number of sulfonamides is 1. The summed E-state index contributed by atoms with van der Waals surface area (Å²) < 4.78 is 34.7. The van der Waals surface area contributed by atoms with Gasteiger partial charge in [-0.2, -0.15) is 0 Å². The lowest BCUT2D eigenvalue weighted by molar-refractivity contribution is -0.00461. The van der Waals surface area contributed by atoms with Crippen LogP contribution in [0, 0.1) is 0 Å². The van der Waals surface area contributed by atoms with Crippen molar-refractivity contribution in [3.63, 3.8) is 0 Å². The van der Waals surface area contributed by atoms with E-state index in [-0.39, 0.29) is 28.7 Å². The minimum Gasteiger partial charge on any atom is -0.377 e. The Hall–Kier alpha value is -1.42. The Morgan fingerprint density at radius 3 is 2.19 bits per heavy atom. The highest BCUT2D eigenvalue weighted by Gasteiger charge is 2.36. The van der Waals surface area contributed by atoms with E-state index in [1.165, 1.54) is 16.8 Å². The second-order valence-corrected chi connectivity index (χ2v) is 6.54. The van der Waals surface area contributed by atoms with Crippen LogP contribution in [-0.4, -0.2) is 63.3 Å². The number of carbonyl (C=O) groups is 1. The van der Waals surface area contributed by atoms with Crippen LogP contribution >= 0.6 is 0 Å². The van der Waals surface area contributed by atoms with Gasteiger partial charge in [0.2, 0.25) is 10.0 Å². The second-order valence-electron chi connectivity index (χ2n) is 4.98. The van der Waals surface area contributed by atoms with Gasteiger partial charge >= 0.3 is 0 Å². The molecule has 1 aromatic rings. The summed E-state index contributed by atoms with van der Waals surface area (Å²) >= 11 is 0. The second kappa shape index (κ2) is 5.76. The summed E-state index contributed by atoms with van der Waals surface area (Å²) in [5.74, 6) is -0.283. The minimum atomic E-state index is -3.83. The number of carbonyl (C=O) groups excluding carboxylic acids is 1. The summed E-state index contributed by atoms with van der Waals surface area (Å²) in [4.78, 5) is 14.0. The van der Waals surface area contributed by atoms with Gasteiger partial charge < -0.3 is 18.9 Å². The number of amides is 1. The number of hydrogen-bond donors (Lipinski definition) is 1. The normalized spacial score (nSPS) is 22.8. The third-order valence-electron chi connectivity index (χ3n) is 3.64. The van der Waals surface area contributed by atoms with Gasteiger partial charge in [0.05, 0.1) is 0 Å². The number of ether oxygens (including phenoxy) is 2. The first kappa shape index (κ1) is 16.0. The van der Waals surface area contributed by atoms with Gasteiger partial charge in [0, 0.05) is 40.6 Å². The van der Waals surface area contributed by atoms with Crippen LogP contribution in [0.15, 0.2) is 17.2 Å². The fourth-order valence-corrected chi connectivity index (χ4v) is 3.01. The number of hydrogen-bond acceptors (Lipinski definition) is 5. The zero-order valence-corrected chi connectivity index (χ0v) is 13.0. The van der Waals surface area contributed by atoms with Crippen molar-refractivity contribution in [3.05, 3.63) is 18.0 Å². The average molecular weight is 317 g/mol. The van der Waals surface area contributed by atoms with Gasteiger partial charge in [0.25, 0.3) is 5.91 Å². The molecule has 1 amide bonds. The smallest absolute Gasteiger partial charge is 0.270 e. The molecule has 1 aromatic heterocycles. The van der Waals surface area contributed by atoms with Crippen LogP contribution in [0.3, 0.4) is 0 Å². The molecule has 1 aliphatic rings. The Kier molecular flexibility index (Phi) is 4.38. The van der Waals surface area contributed by atoms with E-state index in [1.807, 2.05) is 0 Å². The summed E-state index contributed by atoms with van der Waals surface area (Å²) in [6.45, 7) is 0.785. The van der Waals surface area contributed by atoms with Crippen LogP contribution in [0.5, 0.6) is 0 Å². The van der Waals surface area contributed by atoms with Crippen molar-refractivity contribution in [2.45, 2.75) is 17.1 Å². The first-order valence-corrected chi connectivity index (χ1v) is 7.86. The number of aryl methyl sites for hydroxylation is 1. The molecule has 0 aromatic carbocycles. The number of primary sulfonamides is 1. The molecule has 0 aliphatic carbocycles. The molecule has 2 atom stereocenters. The summed E-state index contributed by atoms with van der Waals surface area (Å²) in [6, 6.07) is 1.28. The van der Waals surface area contributed by atoms with E-state index in [0.717, 1.165) is 0 Å². The Balaban J connectivity index is 2.24. The van der Waals surface area contributed by atoms with Crippen molar-refractivity contribution in [2.24, 2.45) is 12.2 Å². The topological polar surface area (TPSA) is 104 Å². The fraction of sp³-hybridized carbons (Fsp3) is 0.583. The predicted octanol–water partition coefficient (Wildman–Crippen LogP) is -0.842. The maximum atomic E-state index is 12.5. The van der Waals surface area contributed by atoms with Crippen LogP contribution in [0.1, 0.15) is 10.5 Å². The molecule has 8 nitrogen and oxygen atoms in total. The van der Waals surface area contributed by atoms with Crippen molar-refractivity contribution in [3.8, 4) is 0 Å². The van der Waals surface area contributed by atoms with E-state index in [2.05, 4.69) is 0 Å². The van der Waals surface area contributed by atoms with E-state index in [0.29, 0.717) is 13.1 Å². The molecule has 9 heteroatoms. The number of nitrogens with zero attached hydrogens (tertiary/aromatic N) is 2. The van der Waals surface area contributed by atoms with E-state index in [4.69, 9.17) is 14.6 Å². The minimum absolute atomic E-state index is 0.0841. The number of likely N-dealkylation sites (tertiary alicyclic amines) is 1. The van der Waals surface area contributed by atoms with Gasteiger partial charge in [0.15, 0.2) is 0 Å². The number of rotatable bonds is 4. The molecule has 118 valence electrons. The number of aromatic nitrogens is 1. The summed E-state index contributed by atoms with van der Waals surface area (Å²) in [5.41, 5.74) is 0.255. The molecule has 1 saturated heterocycles. The van der Waals surface area contributed by atoms with Crippen LogP contribution < -0.4 is 5.14 Å². The molecule has 0 spiro atoms. The molecule has 2 N–H and O–H groups in total. The van der Waals surface area contributed by atoms with Crippen molar-refractivity contribution < 1.29 is 22.7 Å². The molecule has 2 unspecified atom stereocenters. The first-order chi connectivity index (χ1) is 9.77. The third-order valence-corrected chi connectivity index (χ3v) is 4.52. The Morgan fingerprint density at radius 1 is 1.29 bits per heavy atom. The first-order valence-electron chi connectivity index (χ1n) is 6.32. The number of nitrogens with two attached hydrogens (primary N) is 1. The highest BCUT2D eigenvalue weighted by Crippen LogP contribution is 2.20. The van der Waals surface area contributed by atoms with Gasteiger partial charge in [-0.1, -0.05) is 0 Å². The largest absolute Gasteiger partial charge is 0.377 e. The lowest BCUT2D eigenvalue weighted by Gasteiger charge is -2.15. The van der Waals surface area contributed by atoms with Crippen molar-refractivity contribution in [2.75, 3.05) is 27.3 Å². The highest BCUT2D eigenvalue weighted by atomic mass is 32.2. The van der Waals surface area contributed by atoms with E-state index in [1.54, 1.807) is 26.2 Å². The van der Waals surface area contributed by atoms with E-state index < -0.39 is 10.0 Å². The molecule has 2 rings (SSSR count). The Morgan fingerprint density at radius 2 is 1.81 bits per heavy atom. The average Bonchev–Trinajstić information content (AvgIpc) is 3.00. The van der Waals surface area contributed by atoms with Crippen molar-refractivity contribution in [1.29, 1.82) is 0 Å². The summed E-state index contributed by atoms with van der Waals surface area (Å²) in [6.07, 6.45) is 0.925. The monoisotopic (exact) mass is 317 g/mol. The van der Waals surface area contributed by atoms with Gasteiger partial charge in [-0.25, -0.2) is 13.6 Å². The fourth-order valence-electron chi connectivity index (χ4n) is 2.43. The van der Waals surface area contributed by atoms with E-state index >= 15 is 0 Å². The Labute approximate surface area is 123 Å². The lowest BCUT2D eigenvalue weighted by Crippen LogP contribution is -2.31. The zero-order valence-electron chi connectivity index (χ0n) is 12.1. The molecular weight excluding hydrogens is 298 g/mol. The highest BCUT2D eigenvalue weighted by molar-refractivity contribution is 7.89. The van der Waals surface area contributed by atoms with Crippen molar-refractivity contribution in [1.82, 2.24) is 9.47 Å². The molecule has 21 heavy (non-hydrogen) atoms. The van der Waals surface area contributed by atoms with Gasteiger partial charge in [-0.3, -0.25) is 4.79 Å². The Bertz CT molecular complexity index is 627. The van der Waals surface area contributed by atoms with Gasteiger partial charge in [-0.05, 0) is 6.07 Å². The third kappa shape index (κ3) is 3.10. The summed E-state index contributed by atoms with van der Waals surface area (Å²) in [5, 5.41) is 5.07. The quantitative estimate of drug-likeness (QED) is 0.779. The summed E-state index contributed by atoms with van der Waals surface area (Å²) in [7, 11) is 0.887. The maximum Gasteiger partial charge on any atom is 0.270 e. The number of methoxy groups -OCH3 is 2. The molecular formula is C12H19N3O5S. The molecule has 1 aliphatic heterocycles. The van der Waals surface area contributed by atoms with Crippen LogP contribution in [0.25, 0.3) is 0 Å². The standard InChI is InChI=1S/C12H19N3O5S/c1-14-5-8(21(13,17)18)4-9(14)12(16)15-6-10(19-2)11(7-15)20-3/h4-5,10-11H,6-7H2,1-3H3,(H2,13,17,18). The molecule has 0 radical (unpaired) electrons. The molecule has 1 fully saturated rings. The molecule has 0 saturated carbocycles. The maximum absolute atomic E-state index is 12.5. The SMILES string of the molecule is COC1CN(C(=O)c2cc(S(N)(=O)=O)cn2C)CC1OC. The van der Waals surface area contributed by atoms with Crippen molar-refractivity contribution >= 4 is 15.9 Å². The van der Waals surface area contributed by atoms with Crippen LogP contribution in [0.2, 0.25) is 0 Å². The van der Waals surface area contributed by atoms with Crippen LogP contribution in [0.4, 0.5) is 0 Å². The predicted molar refractivity (Wildman–Crippen MR) is 74.3 cm³/mol. The van der Waals surface area contributed by atoms with Gasteiger partial charge in [-0.15, -0.1) is 0 Å². The molecule has 0 bridgehead atoms. The lowest BCUT2D eigenvalue weighted by atomic mass is 10.3. The zero-order chi connectivity index (χ0) is 15.8. The molecule has 2 heterocycles. The van der Waals surface area contributed by atoms with Crippen LogP contribution in [-0.2, 0) is 26.5 Å².